The highest BCUT2D eigenvalue weighted by molar-refractivity contribution is 6.31. The number of amides is 1. The normalized spacial score (nSPS) is 11.0. The minimum atomic E-state index is 0.0201. The lowest BCUT2D eigenvalue weighted by Crippen LogP contribution is -2.31. The van der Waals surface area contributed by atoms with E-state index in [0.717, 1.165) is 19.5 Å². The predicted molar refractivity (Wildman–Crippen MR) is 75.3 cm³/mol. The second-order valence-corrected chi connectivity index (χ2v) is 5.16. The summed E-state index contributed by atoms with van der Waals surface area (Å²) >= 11 is 5.98. The van der Waals surface area contributed by atoms with Gasteiger partial charge in [-0.1, -0.05) is 11.6 Å². The molecule has 0 spiro atoms. The quantitative estimate of drug-likeness (QED) is 0.807. The van der Waals surface area contributed by atoms with E-state index in [-0.39, 0.29) is 11.9 Å². The molecule has 5 heteroatoms. The predicted octanol–water partition coefficient (Wildman–Crippen LogP) is 2.40. The zero-order chi connectivity index (χ0) is 13.7. The average Bonchev–Trinajstić information content (AvgIpc) is 2.70. The third kappa shape index (κ3) is 3.75. The summed E-state index contributed by atoms with van der Waals surface area (Å²) in [6, 6.07) is 1.96. The van der Waals surface area contributed by atoms with Crippen molar-refractivity contribution in [1.82, 2.24) is 14.8 Å². The molecule has 1 heterocycles. The lowest BCUT2D eigenvalue weighted by Gasteiger charge is -2.19. The number of aromatic nitrogens is 1. The second-order valence-electron chi connectivity index (χ2n) is 4.73. The molecule has 0 bridgehead atoms. The average molecular weight is 272 g/mol. The number of nitrogens with one attached hydrogen (secondary N) is 1. The maximum atomic E-state index is 12.3. The molecule has 1 rings (SSSR count). The van der Waals surface area contributed by atoms with E-state index in [1.165, 1.54) is 0 Å². The number of carbonyl (C=O) groups is 1. The van der Waals surface area contributed by atoms with Crippen molar-refractivity contribution in [2.75, 3.05) is 27.2 Å². The highest BCUT2D eigenvalue weighted by Gasteiger charge is 2.18. The molecule has 0 fully saturated rings. The molecule has 4 nitrogen and oxygen atoms in total. The number of hydrogen-bond donors (Lipinski definition) is 1. The van der Waals surface area contributed by atoms with E-state index in [0.29, 0.717) is 10.7 Å². The third-order valence-corrected chi connectivity index (χ3v) is 3.06. The van der Waals surface area contributed by atoms with Crippen LogP contribution in [0.4, 0.5) is 0 Å². The molecule has 1 aromatic rings. The summed E-state index contributed by atoms with van der Waals surface area (Å²) < 4.78 is 1.92. The van der Waals surface area contributed by atoms with E-state index in [4.69, 9.17) is 11.6 Å². The van der Waals surface area contributed by atoms with Crippen molar-refractivity contribution in [3.8, 4) is 0 Å². The first-order valence-corrected chi connectivity index (χ1v) is 6.62. The van der Waals surface area contributed by atoms with Gasteiger partial charge in [-0.05, 0) is 39.9 Å². The number of nitrogens with zero attached hydrogens (tertiary/aromatic N) is 2. The van der Waals surface area contributed by atoms with E-state index in [1.54, 1.807) is 17.2 Å². The molecule has 0 radical (unpaired) electrons. The van der Waals surface area contributed by atoms with Crippen LogP contribution in [0.3, 0.4) is 0 Å². The van der Waals surface area contributed by atoms with Gasteiger partial charge in [-0.3, -0.25) is 4.79 Å². The molecule has 0 saturated carbocycles. The molecular weight excluding hydrogens is 250 g/mol. The van der Waals surface area contributed by atoms with Gasteiger partial charge in [0, 0.05) is 25.8 Å². The summed E-state index contributed by atoms with van der Waals surface area (Å²) in [4.78, 5) is 14.0. The van der Waals surface area contributed by atoms with Gasteiger partial charge in [-0.25, -0.2) is 0 Å². The molecule has 1 amide bonds. The van der Waals surface area contributed by atoms with Gasteiger partial charge in [0.2, 0.25) is 0 Å². The first-order valence-electron chi connectivity index (χ1n) is 6.24. The molecule has 0 aromatic carbocycles. The summed E-state index contributed by atoms with van der Waals surface area (Å²) in [5.74, 6) is 0.0201. The summed E-state index contributed by atoms with van der Waals surface area (Å²) in [5, 5.41) is 3.68. The van der Waals surface area contributed by atoms with Crippen LogP contribution in [0, 0.1) is 0 Å². The highest BCUT2D eigenvalue weighted by Crippen LogP contribution is 2.20. The van der Waals surface area contributed by atoms with Gasteiger partial charge < -0.3 is 14.8 Å². The smallest absolute Gasteiger partial charge is 0.270 e. The van der Waals surface area contributed by atoms with Gasteiger partial charge in [0.05, 0.1) is 5.02 Å². The van der Waals surface area contributed by atoms with Crippen molar-refractivity contribution in [2.24, 2.45) is 0 Å². The van der Waals surface area contributed by atoms with E-state index in [9.17, 15) is 4.79 Å². The standard InChI is InChI=1S/C13H22ClN3O/c1-10(2)17-9-11(14)8-12(17)13(18)16(4)7-5-6-15-3/h8-10,15H,5-7H2,1-4H3. The molecule has 0 saturated heterocycles. The molecular formula is C13H22ClN3O. The van der Waals surface area contributed by atoms with Crippen LogP contribution in [0.5, 0.6) is 0 Å². The van der Waals surface area contributed by atoms with Crippen LogP contribution in [-0.4, -0.2) is 42.6 Å². The first-order chi connectivity index (χ1) is 8.47. The molecule has 0 atom stereocenters. The van der Waals surface area contributed by atoms with Crippen LogP contribution in [-0.2, 0) is 0 Å². The Morgan fingerprint density at radius 3 is 2.78 bits per heavy atom. The molecule has 18 heavy (non-hydrogen) atoms. The Hall–Kier alpha value is -1.00. The Morgan fingerprint density at radius 1 is 1.56 bits per heavy atom. The molecule has 0 aliphatic carbocycles. The Morgan fingerprint density at radius 2 is 2.22 bits per heavy atom. The van der Waals surface area contributed by atoms with E-state index in [1.807, 2.05) is 32.5 Å². The topological polar surface area (TPSA) is 37.3 Å². The number of carbonyl (C=O) groups excluding carboxylic acids is 1. The number of hydrogen-bond acceptors (Lipinski definition) is 2. The minimum Gasteiger partial charge on any atom is -0.340 e. The van der Waals surface area contributed by atoms with Crippen LogP contribution in [0.2, 0.25) is 5.02 Å². The Labute approximate surface area is 114 Å². The van der Waals surface area contributed by atoms with E-state index < -0.39 is 0 Å². The SMILES string of the molecule is CNCCCN(C)C(=O)c1cc(Cl)cn1C(C)C. The van der Waals surface area contributed by atoms with Crippen LogP contribution in [0.25, 0.3) is 0 Å². The lowest BCUT2D eigenvalue weighted by atomic mass is 10.3. The lowest BCUT2D eigenvalue weighted by molar-refractivity contribution is 0.0781. The summed E-state index contributed by atoms with van der Waals surface area (Å²) in [6.07, 6.45) is 2.75. The highest BCUT2D eigenvalue weighted by atomic mass is 35.5. The van der Waals surface area contributed by atoms with Crippen LogP contribution in [0.1, 0.15) is 36.8 Å². The minimum absolute atomic E-state index is 0.0201. The van der Waals surface area contributed by atoms with E-state index in [2.05, 4.69) is 5.32 Å². The third-order valence-electron chi connectivity index (χ3n) is 2.86. The Bertz CT molecular complexity index is 401. The van der Waals surface area contributed by atoms with Crippen LogP contribution < -0.4 is 5.32 Å². The summed E-state index contributed by atoms with van der Waals surface area (Å²) in [5.41, 5.74) is 0.655. The zero-order valence-electron chi connectivity index (χ0n) is 11.5. The number of halogens is 1. The largest absolute Gasteiger partial charge is 0.340 e. The Kier molecular flexibility index (Phi) is 5.69. The fraction of sp³-hybridized carbons (Fsp3) is 0.615. The van der Waals surface area contributed by atoms with Crippen molar-refractivity contribution in [2.45, 2.75) is 26.3 Å². The van der Waals surface area contributed by atoms with Crippen molar-refractivity contribution in [3.05, 3.63) is 23.0 Å². The van der Waals surface area contributed by atoms with Crippen molar-refractivity contribution in [3.63, 3.8) is 0 Å². The van der Waals surface area contributed by atoms with Crippen molar-refractivity contribution in [1.29, 1.82) is 0 Å². The molecule has 102 valence electrons. The van der Waals surface area contributed by atoms with Gasteiger partial charge in [-0.2, -0.15) is 0 Å². The molecule has 0 aliphatic heterocycles. The molecule has 0 unspecified atom stereocenters. The summed E-state index contributed by atoms with van der Waals surface area (Å²) in [6.45, 7) is 5.71. The van der Waals surface area contributed by atoms with Crippen LogP contribution in [0.15, 0.2) is 12.3 Å². The first kappa shape index (κ1) is 15.1. The maximum absolute atomic E-state index is 12.3. The second kappa shape index (κ2) is 6.81. The maximum Gasteiger partial charge on any atom is 0.270 e. The van der Waals surface area contributed by atoms with Crippen LogP contribution >= 0.6 is 11.6 Å². The van der Waals surface area contributed by atoms with Gasteiger partial charge in [0.25, 0.3) is 5.91 Å². The zero-order valence-corrected chi connectivity index (χ0v) is 12.3. The van der Waals surface area contributed by atoms with Crippen molar-refractivity contribution >= 4 is 17.5 Å². The summed E-state index contributed by atoms with van der Waals surface area (Å²) in [7, 11) is 3.73. The molecule has 1 N–H and O–H groups in total. The van der Waals surface area contributed by atoms with Gasteiger partial charge in [0.15, 0.2) is 0 Å². The van der Waals surface area contributed by atoms with Crippen molar-refractivity contribution < 1.29 is 4.79 Å². The van der Waals surface area contributed by atoms with Gasteiger partial charge >= 0.3 is 0 Å². The Balaban J connectivity index is 2.76. The van der Waals surface area contributed by atoms with Gasteiger partial charge in [-0.15, -0.1) is 0 Å². The molecule has 1 aromatic heterocycles. The fourth-order valence-corrected chi connectivity index (χ4v) is 2.04. The van der Waals surface area contributed by atoms with Gasteiger partial charge in [0.1, 0.15) is 5.69 Å². The molecule has 0 aliphatic rings. The fourth-order valence-electron chi connectivity index (χ4n) is 1.83. The van der Waals surface area contributed by atoms with E-state index >= 15 is 0 Å². The monoisotopic (exact) mass is 271 g/mol. The number of rotatable bonds is 6.